The van der Waals surface area contributed by atoms with E-state index >= 15 is 0 Å². The summed E-state index contributed by atoms with van der Waals surface area (Å²) in [4.78, 5) is 13.6. The summed E-state index contributed by atoms with van der Waals surface area (Å²) < 4.78 is 1.93. The quantitative estimate of drug-likeness (QED) is 0.534. The van der Waals surface area contributed by atoms with Crippen molar-refractivity contribution in [2.75, 3.05) is 11.1 Å². The average Bonchev–Trinajstić information content (AvgIpc) is 3.23. The van der Waals surface area contributed by atoms with Crippen LogP contribution in [-0.4, -0.2) is 26.4 Å². The van der Waals surface area contributed by atoms with Crippen molar-refractivity contribution >= 4 is 46.3 Å². The lowest BCUT2D eigenvalue weighted by Gasteiger charge is -2.08. The summed E-state index contributed by atoms with van der Waals surface area (Å²) in [5.41, 5.74) is 2.77. The molecule has 0 spiro atoms. The summed E-state index contributed by atoms with van der Waals surface area (Å²) in [5.74, 6) is 0.973. The highest BCUT2D eigenvalue weighted by Gasteiger charge is 2.14. The van der Waals surface area contributed by atoms with E-state index < -0.39 is 0 Å². The standard InChI is InChI=1S/C19H21ClN4OS2/c1-4-5-15-8-13(10-26-15)18-22-23-19(24(18)3)27-11-17(25)21-16-9-14(20)7-6-12(16)2/h6-10H,4-5,11H2,1-3H3,(H,21,25). The Morgan fingerprint density at radius 3 is 2.93 bits per heavy atom. The molecule has 27 heavy (non-hydrogen) atoms. The number of thioether (sulfide) groups is 1. The van der Waals surface area contributed by atoms with Crippen LogP contribution in [0.3, 0.4) is 0 Å². The van der Waals surface area contributed by atoms with Crippen molar-refractivity contribution in [3.63, 3.8) is 0 Å². The number of aromatic nitrogens is 3. The van der Waals surface area contributed by atoms with Gasteiger partial charge in [-0.05, 0) is 37.1 Å². The number of nitrogens with one attached hydrogen (secondary N) is 1. The first-order valence-electron chi connectivity index (χ1n) is 8.64. The third-order valence-electron chi connectivity index (χ3n) is 4.05. The Morgan fingerprint density at radius 2 is 2.15 bits per heavy atom. The van der Waals surface area contributed by atoms with Crippen LogP contribution in [0.4, 0.5) is 5.69 Å². The van der Waals surface area contributed by atoms with Crippen LogP contribution in [0, 0.1) is 6.92 Å². The van der Waals surface area contributed by atoms with Gasteiger partial charge in [0.15, 0.2) is 11.0 Å². The van der Waals surface area contributed by atoms with Crippen LogP contribution in [-0.2, 0) is 18.3 Å². The Hall–Kier alpha value is -1.83. The number of amides is 1. The van der Waals surface area contributed by atoms with Crippen molar-refractivity contribution in [1.29, 1.82) is 0 Å². The summed E-state index contributed by atoms with van der Waals surface area (Å²) in [6.45, 7) is 4.11. The van der Waals surface area contributed by atoms with E-state index in [4.69, 9.17) is 11.6 Å². The molecule has 142 valence electrons. The van der Waals surface area contributed by atoms with Gasteiger partial charge in [-0.25, -0.2) is 0 Å². The van der Waals surface area contributed by atoms with Gasteiger partial charge >= 0.3 is 0 Å². The van der Waals surface area contributed by atoms with Gasteiger partial charge < -0.3 is 9.88 Å². The van der Waals surface area contributed by atoms with Crippen molar-refractivity contribution in [2.45, 2.75) is 31.8 Å². The number of benzene rings is 1. The van der Waals surface area contributed by atoms with Crippen LogP contribution in [0.2, 0.25) is 5.02 Å². The summed E-state index contributed by atoms with van der Waals surface area (Å²) in [6, 6.07) is 7.61. The number of nitrogens with zero attached hydrogens (tertiary/aromatic N) is 3. The summed E-state index contributed by atoms with van der Waals surface area (Å²) >= 11 is 9.11. The lowest BCUT2D eigenvalue weighted by atomic mass is 10.2. The second kappa shape index (κ2) is 8.91. The molecule has 0 atom stereocenters. The van der Waals surface area contributed by atoms with Gasteiger partial charge in [-0.15, -0.1) is 21.5 Å². The molecule has 0 unspecified atom stereocenters. The number of thiophene rings is 1. The Kier molecular flexibility index (Phi) is 6.57. The van der Waals surface area contributed by atoms with Crippen LogP contribution < -0.4 is 5.32 Å². The van der Waals surface area contributed by atoms with Crippen LogP contribution in [0.15, 0.2) is 34.8 Å². The third-order valence-corrected chi connectivity index (χ3v) is 6.30. The number of carbonyl (C=O) groups excluding carboxylic acids is 1. The van der Waals surface area contributed by atoms with E-state index in [9.17, 15) is 4.79 Å². The molecule has 2 aromatic heterocycles. The van der Waals surface area contributed by atoms with Crippen LogP contribution in [0.25, 0.3) is 11.4 Å². The van der Waals surface area contributed by atoms with Crippen LogP contribution in [0.5, 0.6) is 0 Å². The van der Waals surface area contributed by atoms with E-state index in [1.165, 1.54) is 16.6 Å². The van der Waals surface area contributed by atoms with E-state index in [1.54, 1.807) is 23.5 Å². The molecule has 0 saturated heterocycles. The highest BCUT2D eigenvalue weighted by molar-refractivity contribution is 7.99. The number of hydrogen-bond donors (Lipinski definition) is 1. The predicted octanol–water partition coefficient (Wildman–Crippen LogP) is 5.19. The van der Waals surface area contributed by atoms with Gasteiger partial charge in [-0.3, -0.25) is 4.79 Å². The fourth-order valence-electron chi connectivity index (χ4n) is 2.61. The molecule has 0 bridgehead atoms. The molecule has 5 nitrogen and oxygen atoms in total. The second-order valence-corrected chi connectivity index (χ2v) is 8.59. The minimum atomic E-state index is -0.101. The van der Waals surface area contributed by atoms with Gasteiger partial charge in [0, 0.05) is 33.6 Å². The molecule has 3 rings (SSSR count). The number of anilines is 1. The van der Waals surface area contributed by atoms with Crippen molar-refractivity contribution in [2.24, 2.45) is 7.05 Å². The number of rotatable bonds is 7. The zero-order valence-corrected chi connectivity index (χ0v) is 17.8. The van der Waals surface area contributed by atoms with Crippen LogP contribution in [0.1, 0.15) is 23.8 Å². The zero-order valence-electron chi connectivity index (χ0n) is 15.5. The fraction of sp³-hybridized carbons (Fsp3) is 0.316. The first-order valence-corrected chi connectivity index (χ1v) is 10.9. The fourth-order valence-corrected chi connectivity index (χ4v) is 4.46. The minimum absolute atomic E-state index is 0.101. The van der Waals surface area contributed by atoms with Crippen molar-refractivity contribution < 1.29 is 4.79 Å². The molecule has 1 N–H and O–H groups in total. The molecule has 0 aliphatic carbocycles. The molecule has 0 aliphatic rings. The molecule has 3 aromatic rings. The number of hydrogen-bond acceptors (Lipinski definition) is 5. The molecule has 8 heteroatoms. The number of halogens is 1. The summed E-state index contributed by atoms with van der Waals surface area (Å²) in [5, 5.41) is 14.9. The largest absolute Gasteiger partial charge is 0.325 e. The Balaban J connectivity index is 1.63. The SMILES string of the molecule is CCCc1cc(-c2nnc(SCC(=O)Nc3cc(Cl)ccc3C)n2C)cs1. The number of aryl methyl sites for hydroxylation is 2. The van der Waals surface area contributed by atoms with E-state index in [0.717, 1.165) is 35.5 Å². The summed E-state index contributed by atoms with van der Waals surface area (Å²) in [6.07, 6.45) is 2.20. The Bertz CT molecular complexity index is 951. The molecule has 0 radical (unpaired) electrons. The van der Waals surface area contributed by atoms with E-state index in [2.05, 4.69) is 33.9 Å². The Morgan fingerprint density at radius 1 is 1.33 bits per heavy atom. The van der Waals surface area contributed by atoms with Gasteiger partial charge in [0.2, 0.25) is 5.91 Å². The average molecular weight is 421 g/mol. The summed E-state index contributed by atoms with van der Waals surface area (Å²) in [7, 11) is 1.92. The molecule has 0 aliphatic heterocycles. The van der Waals surface area contributed by atoms with E-state index in [1.807, 2.05) is 24.6 Å². The monoisotopic (exact) mass is 420 g/mol. The first kappa shape index (κ1) is 19.9. The van der Waals surface area contributed by atoms with Crippen molar-refractivity contribution in [3.05, 3.63) is 45.1 Å². The lowest BCUT2D eigenvalue weighted by molar-refractivity contribution is -0.113. The third kappa shape index (κ3) is 4.91. The topological polar surface area (TPSA) is 59.8 Å². The van der Waals surface area contributed by atoms with E-state index in [-0.39, 0.29) is 11.7 Å². The van der Waals surface area contributed by atoms with Crippen LogP contribution >= 0.6 is 34.7 Å². The zero-order chi connectivity index (χ0) is 19.4. The highest BCUT2D eigenvalue weighted by Crippen LogP contribution is 2.28. The van der Waals surface area contributed by atoms with Gasteiger partial charge in [0.1, 0.15) is 0 Å². The van der Waals surface area contributed by atoms with Gasteiger partial charge in [-0.2, -0.15) is 0 Å². The maximum atomic E-state index is 12.3. The highest BCUT2D eigenvalue weighted by atomic mass is 35.5. The molecular formula is C19H21ClN4OS2. The lowest BCUT2D eigenvalue weighted by Crippen LogP contribution is -2.15. The molecule has 0 saturated carbocycles. The smallest absolute Gasteiger partial charge is 0.234 e. The Labute approximate surface area is 172 Å². The molecule has 1 aromatic carbocycles. The number of carbonyl (C=O) groups is 1. The molecule has 2 heterocycles. The maximum Gasteiger partial charge on any atom is 0.234 e. The molecule has 1 amide bonds. The van der Waals surface area contributed by atoms with Gasteiger partial charge in [0.05, 0.1) is 5.75 Å². The second-order valence-electron chi connectivity index (χ2n) is 6.21. The van der Waals surface area contributed by atoms with E-state index in [0.29, 0.717) is 10.2 Å². The van der Waals surface area contributed by atoms with Gasteiger partial charge in [0.25, 0.3) is 0 Å². The van der Waals surface area contributed by atoms with Crippen molar-refractivity contribution in [1.82, 2.24) is 14.8 Å². The molecule has 0 fully saturated rings. The van der Waals surface area contributed by atoms with Crippen molar-refractivity contribution in [3.8, 4) is 11.4 Å². The minimum Gasteiger partial charge on any atom is -0.325 e. The molecular weight excluding hydrogens is 400 g/mol. The maximum absolute atomic E-state index is 12.3. The van der Waals surface area contributed by atoms with Gasteiger partial charge in [-0.1, -0.05) is 42.8 Å². The first-order chi connectivity index (χ1) is 13.0. The predicted molar refractivity (Wildman–Crippen MR) is 114 cm³/mol. The normalized spacial score (nSPS) is 11.0.